The summed E-state index contributed by atoms with van der Waals surface area (Å²) in [5.74, 6) is 1.20. The Morgan fingerprint density at radius 2 is 1.90 bits per heavy atom. The van der Waals surface area contributed by atoms with Crippen molar-refractivity contribution in [2.24, 2.45) is 13.0 Å². The molecular formula is C21H30N4O4S. The van der Waals surface area contributed by atoms with Crippen molar-refractivity contribution in [3.63, 3.8) is 0 Å². The van der Waals surface area contributed by atoms with Gasteiger partial charge in [0.1, 0.15) is 11.6 Å². The minimum absolute atomic E-state index is 0.0246. The average Bonchev–Trinajstić information content (AvgIpc) is 3.11. The molecule has 1 fully saturated rings. The Labute approximate surface area is 178 Å². The maximum absolute atomic E-state index is 12.8. The molecule has 1 unspecified atom stereocenters. The zero-order valence-corrected chi connectivity index (χ0v) is 18.8. The summed E-state index contributed by atoms with van der Waals surface area (Å²) in [6.07, 6.45) is 3.29. The molecule has 1 saturated heterocycles. The van der Waals surface area contributed by atoms with E-state index in [2.05, 4.69) is 10.3 Å². The summed E-state index contributed by atoms with van der Waals surface area (Å²) in [5, 5.41) is 3.19. The third-order valence-corrected chi connectivity index (χ3v) is 7.53. The highest BCUT2D eigenvalue weighted by molar-refractivity contribution is 7.89. The van der Waals surface area contributed by atoms with E-state index in [0.717, 1.165) is 17.7 Å². The van der Waals surface area contributed by atoms with E-state index in [1.165, 1.54) is 10.5 Å². The molecule has 2 heterocycles. The van der Waals surface area contributed by atoms with Gasteiger partial charge in [-0.2, -0.15) is 4.31 Å². The fourth-order valence-electron chi connectivity index (χ4n) is 3.69. The van der Waals surface area contributed by atoms with Crippen LogP contribution in [0.3, 0.4) is 0 Å². The number of nitrogens with zero attached hydrogens (tertiary/aromatic N) is 3. The van der Waals surface area contributed by atoms with Crippen LogP contribution in [0.2, 0.25) is 0 Å². The van der Waals surface area contributed by atoms with Crippen LogP contribution in [0.5, 0.6) is 5.75 Å². The van der Waals surface area contributed by atoms with E-state index in [0.29, 0.717) is 31.8 Å². The monoisotopic (exact) mass is 434 g/mol. The largest absolute Gasteiger partial charge is 0.497 e. The first-order chi connectivity index (χ1) is 14.3. The number of aryl methyl sites for hydroxylation is 2. The number of methoxy groups -OCH3 is 1. The fourth-order valence-corrected chi connectivity index (χ4v) is 5.18. The van der Waals surface area contributed by atoms with Crippen LogP contribution < -0.4 is 10.1 Å². The number of hydrogen-bond acceptors (Lipinski definition) is 5. The molecule has 8 nitrogen and oxygen atoms in total. The highest BCUT2D eigenvalue weighted by Crippen LogP contribution is 2.26. The van der Waals surface area contributed by atoms with Gasteiger partial charge < -0.3 is 14.6 Å². The zero-order chi connectivity index (χ0) is 21.9. The van der Waals surface area contributed by atoms with Gasteiger partial charge in [-0.25, -0.2) is 13.4 Å². The maximum atomic E-state index is 12.8. The number of sulfonamides is 1. The van der Waals surface area contributed by atoms with Crippen molar-refractivity contribution < 1.29 is 17.9 Å². The number of imidazole rings is 1. The Bertz CT molecular complexity index is 957. The molecule has 2 aromatic rings. The maximum Gasteiger partial charge on any atom is 0.262 e. The van der Waals surface area contributed by atoms with Gasteiger partial charge in [-0.05, 0) is 43.9 Å². The van der Waals surface area contributed by atoms with E-state index >= 15 is 0 Å². The normalized spacial score (nSPS) is 16.9. The number of nitrogens with one attached hydrogen (secondary N) is 1. The minimum Gasteiger partial charge on any atom is -0.497 e. The summed E-state index contributed by atoms with van der Waals surface area (Å²) in [4.78, 5) is 17.0. The van der Waals surface area contributed by atoms with Gasteiger partial charge in [-0.3, -0.25) is 4.79 Å². The topological polar surface area (TPSA) is 93.5 Å². The number of hydrogen-bond donors (Lipinski definition) is 1. The Hall–Kier alpha value is -2.39. The molecule has 9 heteroatoms. The summed E-state index contributed by atoms with van der Waals surface area (Å²) in [6, 6.07) is 7.59. The number of amides is 1. The Morgan fingerprint density at radius 1 is 1.27 bits per heavy atom. The highest BCUT2D eigenvalue weighted by atomic mass is 32.2. The van der Waals surface area contributed by atoms with E-state index in [1.54, 1.807) is 25.6 Å². The smallest absolute Gasteiger partial charge is 0.262 e. The SMILES string of the molecule is CCC(NC(=O)C1CCN(S(=O)(=O)c2cn(C)c(C)n2)CC1)c1ccc(OC)cc1. The predicted molar refractivity (Wildman–Crippen MR) is 114 cm³/mol. The van der Waals surface area contributed by atoms with Crippen LogP contribution in [0, 0.1) is 12.8 Å². The Balaban J connectivity index is 1.60. The second kappa shape index (κ2) is 9.18. The average molecular weight is 435 g/mol. The lowest BCUT2D eigenvalue weighted by Gasteiger charge is -2.31. The summed E-state index contributed by atoms with van der Waals surface area (Å²) in [7, 11) is -0.243. The van der Waals surface area contributed by atoms with Crippen LogP contribution in [0.4, 0.5) is 0 Å². The molecule has 3 rings (SSSR count). The summed E-state index contributed by atoms with van der Waals surface area (Å²) in [6.45, 7) is 4.42. The molecule has 1 N–H and O–H groups in total. The third-order valence-electron chi connectivity index (χ3n) is 5.76. The second-order valence-corrected chi connectivity index (χ2v) is 9.54. The van der Waals surface area contributed by atoms with Crippen molar-refractivity contribution in [2.45, 2.75) is 44.2 Å². The molecule has 1 atom stereocenters. The molecule has 0 aliphatic carbocycles. The molecule has 0 bridgehead atoms. The molecule has 1 aromatic heterocycles. The van der Waals surface area contributed by atoms with Crippen LogP contribution in [0.25, 0.3) is 0 Å². The lowest BCUT2D eigenvalue weighted by Crippen LogP contribution is -2.43. The standard InChI is InChI=1S/C21H30N4O4S/c1-5-19(16-6-8-18(29-4)9-7-16)23-21(26)17-10-12-25(13-11-17)30(27,28)20-14-24(3)15(2)22-20/h6-9,14,17,19H,5,10-13H2,1-4H3,(H,23,26). The number of carbonyl (C=O) groups excluding carboxylic acids is 1. The van der Waals surface area contributed by atoms with E-state index in [-0.39, 0.29) is 22.9 Å². The summed E-state index contributed by atoms with van der Waals surface area (Å²) in [5.41, 5.74) is 1.03. The van der Waals surface area contributed by atoms with Gasteiger partial charge in [-0.15, -0.1) is 0 Å². The molecule has 1 aromatic carbocycles. The third kappa shape index (κ3) is 4.67. The van der Waals surface area contributed by atoms with Gasteiger partial charge in [-0.1, -0.05) is 19.1 Å². The van der Waals surface area contributed by atoms with Gasteiger partial charge in [0, 0.05) is 32.3 Å². The van der Waals surface area contributed by atoms with E-state index < -0.39 is 10.0 Å². The van der Waals surface area contributed by atoms with Crippen LogP contribution in [0.1, 0.15) is 43.6 Å². The molecule has 0 saturated carbocycles. The Morgan fingerprint density at radius 3 is 2.40 bits per heavy atom. The molecule has 0 radical (unpaired) electrons. The first kappa shape index (κ1) is 22.3. The molecule has 1 aliphatic heterocycles. The number of aromatic nitrogens is 2. The number of ether oxygens (including phenoxy) is 1. The van der Waals surface area contributed by atoms with Crippen molar-refractivity contribution in [3.8, 4) is 5.75 Å². The second-order valence-electron chi connectivity index (χ2n) is 7.66. The lowest BCUT2D eigenvalue weighted by molar-refractivity contribution is -0.126. The quantitative estimate of drug-likeness (QED) is 0.722. The lowest BCUT2D eigenvalue weighted by atomic mass is 9.95. The van der Waals surface area contributed by atoms with Crippen molar-refractivity contribution >= 4 is 15.9 Å². The van der Waals surface area contributed by atoms with Crippen molar-refractivity contribution in [3.05, 3.63) is 41.9 Å². The van der Waals surface area contributed by atoms with E-state index in [9.17, 15) is 13.2 Å². The van der Waals surface area contributed by atoms with Crippen LogP contribution in [0.15, 0.2) is 35.5 Å². The van der Waals surface area contributed by atoms with Gasteiger partial charge >= 0.3 is 0 Å². The van der Waals surface area contributed by atoms with Gasteiger partial charge in [0.25, 0.3) is 10.0 Å². The molecule has 0 spiro atoms. The Kier molecular flexibility index (Phi) is 6.82. The molecule has 164 valence electrons. The van der Waals surface area contributed by atoms with Crippen LogP contribution in [-0.4, -0.2) is 48.4 Å². The molecule has 1 amide bonds. The zero-order valence-electron chi connectivity index (χ0n) is 18.0. The molecule has 1 aliphatic rings. The molecular weight excluding hydrogens is 404 g/mol. The van der Waals surface area contributed by atoms with Crippen LogP contribution >= 0.6 is 0 Å². The van der Waals surface area contributed by atoms with Crippen molar-refractivity contribution in [2.75, 3.05) is 20.2 Å². The van der Waals surface area contributed by atoms with Gasteiger partial charge in [0.05, 0.1) is 13.2 Å². The summed E-state index contributed by atoms with van der Waals surface area (Å²) >= 11 is 0. The number of rotatable bonds is 7. The molecule has 30 heavy (non-hydrogen) atoms. The van der Waals surface area contributed by atoms with Gasteiger partial charge in [0.15, 0.2) is 5.03 Å². The highest BCUT2D eigenvalue weighted by Gasteiger charge is 2.34. The predicted octanol–water partition coefficient (Wildman–Crippen LogP) is 2.41. The minimum atomic E-state index is -3.63. The number of piperidine rings is 1. The first-order valence-electron chi connectivity index (χ1n) is 10.2. The van der Waals surface area contributed by atoms with Gasteiger partial charge in [0.2, 0.25) is 5.91 Å². The van der Waals surface area contributed by atoms with E-state index in [1.807, 2.05) is 31.2 Å². The number of benzene rings is 1. The van der Waals surface area contributed by atoms with E-state index in [4.69, 9.17) is 4.74 Å². The summed E-state index contributed by atoms with van der Waals surface area (Å²) < 4.78 is 34.0. The van der Waals surface area contributed by atoms with Crippen molar-refractivity contribution in [1.82, 2.24) is 19.2 Å². The fraction of sp³-hybridized carbons (Fsp3) is 0.524. The first-order valence-corrected chi connectivity index (χ1v) is 11.6. The van der Waals surface area contributed by atoms with Crippen LogP contribution in [-0.2, 0) is 21.9 Å². The number of carbonyl (C=O) groups is 1. The van der Waals surface area contributed by atoms with Crippen molar-refractivity contribution in [1.29, 1.82) is 0 Å².